The third kappa shape index (κ3) is 2.33. The van der Waals surface area contributed by atoms with Crippen LogP contribution in [-0.4, -0.2) is 10.2 Å². The lowest BCUT2D eigenvalue weighted by atomic mass is 10.2. The van der Waals surface area contributed by atoms with E-state index in [9.17, 15) is 5.11 Å². The Bertz CT molecular complexity index is 698. The van der Waals surface area contributed by atoms with E-state index in [1.807, 2.05) is 12.1 Å². The topological polar surface area (TPSA) is 62.8 Å². The highest BCUT2D eigenvalue weighted by Crippen LogP contribution is 2.28. The van der Waals surface area contributed by atoms with Crippen LogP contribution in [0.5, 0.6) is 17.2 Å². The molecule has 0 spiro atoms. The number of phenolic OH excluding ortho intramolecular Hbond substituents is 2. The van der Waals surface area contributed by atoms with Crippen molar-refractivity contribution < 1.29 is 19.4 Å². The fourth-order valence-corrected chi connectivity index (χ4v) is 1.87. The summed E-state index contributed by atoms with van der Waals surface area (Å²) in [5.41, 5.74) is 0.465. The minimum atomic E-state index is 0.119. The Balaban J connectivity index is 1.78. The van der Waals surface area contributed by atoms with E-state index in [0.717, 1.165) is 5.39 Å². The van der Waals surface area contributed by atoms with E-state index in [1.165, 1.54) is 0 Å². The van der Waals surface area contributed by atoms with Gasteiger partial charge in [0.1, 0.15) is 23.9 Å². The van der Waals surface area contributed by atoms with Crippen LogP contribution in [-0.2, 0) is 6.61 Å². The number of hydrogen-bond donors (Lipinski definition) is 2. The number of fused-ring (bicyclic) bond motifs is 1. The second-order valence-electron chi connectivity index (χ2n) is 4.19. The smallest absolute Gasteiger partial charge is 0.176 e. The number of hydrogen-bond acceptors (Lipinski definition) is 4. The molecule has 0 radical (unpaired) electrons. The summed E-state index contributed by atoms with van der Waals surface area (Å²) in [6, 6.07) is 13.5. The van der Waals surface area contributed by atoms with Gasteiger partial charge < -0.3 is 19.4 Å². The van der Waals surface area contributed by atoms with E-state index in [-0.39, 0.29) is 18.1 Å². The average molecular weight is 256 g/mol. The maximum atomic E-state index is 9.64. The van der Waals surface area contributed by atoms with Crippen LogP contribution < -0.4 is 4.74 Å². The van der Waals surface area contributed by atoms with Crippen LogP contribution in [0.2, 0.25) is 0 Å². The van der Waals surface area contributed by atoms with Crippen molar-refractivity contribution >= 4 is 11.0 Å². The largest absolute Gasteiger partial charge is 0.508 e. The van der Waals surface area contributed by atoms with Gasteiger partial charge in [0.2, 0.25) is 0 Å². The Morgan fingerprint density at radius 2 is 1.79 bits per heavy atom. The third-order valence-corrected chi connectivity index (χ3v) is 2.79. The Morgan fingerprint density at radius 1 is 1.00 bits per heavy atom. The molecule has 0 unspecified atom stereocenters. The van der Waals surface area contributed by atoms with Gasteiger partial charge in [0.25, 0.3) is 0 Å². The molecular formula is C15H12O4. The minimum Gasteiger partial charge on any atom is -0.508 e. The number of rotatable bonds is 3. The molecule has 1 aromatic heterocycles. The Labute approximate surface area is 109 Å². The van der Waals surface area contributed by atoms with Crippen LogP contribution in [0.15, 0.2) is 52.9 Å². The number of benzene rings is 2. The van der Waals surface area contributed by atoms with Gasteiger partial charge in [0.05, 0.1) is 0 Å². The highest BCUT2D eigenvalue weighted by atomic mass is 16.5. The maximum absolute atomic E-state index is 9.64. The molecule has 0 aliphatic carbocycles. The van der Waals surface area contributed by atoms with Crippen LogP contribution in [0.4, 0.5) is 0 Å². The van der Waals surface area contributed by atoms with Gasteiger partial charge in [-0.1, -0.05) is 12.1 Å². The van der Waals surface area contributed by atoms with Crippen LogP contribution in [0.1, 0.15) is 5.76 Å². The van der Waals surface area contributed by atoms with Crippen molar-refractivity contribution in [2.75, 3.05) is 0 Å². The third-order valence-electron chi connectivity index (χ3n) is 2.79. The number of ether oxygens (including phenoxy) is 1. The molecule has 0 bridgehead atoms. The molecule has 0 amide bonds. The van der Waals surface area contributed by atoms with E-state index in [4.69, 9.17) is 14.3 Å². The van der Waals surface area contributed by atoms with E-state index in [2.05, 4.69) is 0 Å². The molecule has 0 atom stereocenters. The van der Waals surface area contributed by atoms with Crippen molar-refractivity contribution in [3.05, 3.63) is 54.3 Å². The standard InChI is InChI=1S/C15H12O4/c16-11-4-6-12(7-5-11)18-9-13-8-10-2-1-3-14(17)15(10)19-13/h1-8,16-17H,9H2. The molecule has 0 saturated carbocycles. The first kappa shape index (κ1) is 11.5. The normalized spacial score (nSPS) is 10.7. The highest BCUT2D eigenvalue weighted by Gasteiger charge is 2.07. The van der Waals surface area contributed by atoms with Crippen molar-refractivity contribution in [3.63, 3.8) is 0 Å². The molecular weight excluding hydrogens is 244 g/mol. The molecule has 96 valence electrons. The van der Waals surface area contributed by atoms with E-state index in [1.54, 1.807) is 36.4 Å². The van der Waals surface area contributed by atoms with Crippen molar-refractivity contribution in [1.82, 2.24) is 0 Å². The first-order valence-corrected chi connectivity index (χ1v) is 5.84. The molecule has 3 aromatic rings. The molecule has 0 aliphatic rings. The monoisotopic (exact) mass is 256 g/mol. The second kappa shape index (κ2) is 4.57. The molecule has 0 saturated heterocycles. The van der Waals surface area contributed by atoms with Gasteiger partial charge in [0, 0.05) is 5.39 Å². The zero-order valence-electron chi connectivity index (χ0n) is 10.0. The Kier molecular flexibility index (Phi) is 2.76. The van der Waals surface area contributed by atoms with Gasteiger partial charge >= 0.3 is 0 Å². The summed E-state index contributed by atoms with van der Waals surface area (Å²) in [6.07, 6.45) is 0. The predicted molar refractivity (Wildman–Crippen MR) is 70.3 cm³/mol. The number of para-hydroxylation sites is 1. The Morgan fingerprint density at radius 3 is 2.53 bits per heavy atom. The van der Waals surface area contributed by atoms with Crippen molar-refractivity contribution in [2.45, 2.75) is 6.61 Å². The van der Waals surface area contributed by atoms with E-state index < -0.39 is 0 Å². The van der Waals surface area contributed by atoms with Crippen LogP contribution in [0.25, 0.3) is 11.0 Å². The molecule has 2 aromatic carbocycles. The Hall–Kier alpha value is -2.62. The van der Waals surface area contributed by atoms with Crippen LogP contribution in [0, 0.1) is 0 Å². The summed E-state index contributed by atoms with van der Waals surface area (Å²) in [6.45, 7) is 0.263. The number of phenols is 2. The molecule has 4 nitrogen and oxygen atoms in total. The fourth-order valence-electron chi connectivity index (χ4n) is 1.87. The van der Waals surface area contributed by atoms with E-state index in [0.29, 0.717) is 17.1 Å². The maximum Gasteiger partial charge on any atom is 0.176 e. The molecule has 2 N–H and O–H groups in total. The summed E-state index contributed by atoms with van der Waals surface area (Å²) in [5, 5.41) is 19.6. The predicted octanol–water partition coefficient (Wildman–Crippen LogP) is 3.42. The molecule has 19 heavy (non-hydrogen) atoms. The molecule has 1 heterocycles. The SMILES string of the molecule is Oc1ccc(OCc2cc3cccc(O)c3o2)cc1. The van der Waals surface area contributed by atoms with Gasteiger partial charge in [-0.2, -0.15) is 0 Å². The zero-order chi connectivity index (χ0) is 13.2. The van der Waals surface area contributed by atoms with Gasteiger partial charge in [-0.05, 0) is 36.4 Å². The minimum absolute atomic E-state index is 0.119. The van der Waals surface area contributed by atoms with Crippen molar-refractivity contribution in [2.24, 2.45) is 0 Å². The second-order valence-corrected chi connectivity index (χ2v) is 4.19. The van der Waals surface area contributed by atoms with Gasteiger partial charge in [-0.15, -0.1) is 0 Å². The molecule has 0 aliphatic heterocycles. The summed E-state index contributed by atoms with van der Waals surface area (Å²) in [4.78, 5) is 0. The van der Waals surface area contributed by atoms with Gasteiger partial charge in [-0.3, -0.25) is 0 Å². The zero-order valence-corrected chi connectivity index (χ0v) is 10.0. The van der Waals surface area contributed by atoms with Crippen LogP contribution >= 0.6 is 0 Å². The number of aromatic hydroxyl groups is 2. The summed E-state index contributed by atoms with van der Waals surface area (Å²) < 4.78 is 11.0. The van der Waals surface area contributed by atoms with Gasteiger partial charge in [-0.25, -0.2) is 0 Å². The quantitative estimate of drug-likeness (QED) is 0.753. The molecule has 4 heteroatoms. The highest BCUT2D eigenvalue weighted by molar-refractivity contribution is 5.83. The lowest BCUT2D eigenvalue weighted by Gasteiger charge is -2.03. The lowest BCUT2D eigenvalue weighted by molar-refractivity contribution is 0.273. The lowest BCUT2D eigenvalue weighted by Crippen LogP contribution is -1.92. The summed E-state index contributed by atoms with van der Waals surface area (Å²) in [7, 11) is 0. The summed E-state index contributed by atoms with van der Waals surface area (Å²) >= 11 is 0. The van der Waals surface area contributed by atoms with Crippen molar-refractivity contribution in [1.29, 1.82) is 0 Å². The fraction of sp³-hybridized carbons (Fsp3) is 0.0667. The first-order valence-electron chi connectivity index (χ1n) is 5.84. The van der Waals surface area contributed by atoms with E-state index >= 15 is 0 Å². The molecule has 3 rings (SSSR count). The van der Waals surface area contributed by atoms with Crippen molar-refractivity contribution in [3.8, 4) is 17.2 Å². The average Bonchev–Trinajstić information content (AvgIpc) is 2.83. The van der Waals surface area contributed by atoms with Gasteiger partial charge in [0.15, 0.2) is 11.3 Å². The number of furan rings is 1. The summed E-state index contributed by atoms with van der Waals surface area (Å²) in [5.74, 6) is 1.58. The van der Waals surface area contributed by atoms with Crippen LogP contribution in [0.3, 0.4) is 0 Å². The molecule has 0 fully saturated rings. The first-order chi connectivity index (χ1) is 9.22.